The van der Waals surface area contributed by atoms with E-state index in [2.05, 4.69) is 55.1 Å². The molecule has 0 aliphatic carbocycles. The normalized spacial score (nSPS) is 21.4. The number of amides is 1. The topological polar surface area (TPSA) is 23.6 Å². The average Bonchev–Trinajstić information content (AvgIpc) is 2.53. The lowest BCUT2D eigenvalue weighted by atomic mass is 9.92. The molecule has 1 fully saturated rings. The molecule has 0 N–H and O–H groups in total. The number of hydrogen-bond donors (Lipinski definition) is 0. The van der Waals surface area contributed by atoms with Crippen molar-refractivity contribution < 1.29 is 4.79 Å². The Morgan fingerprint density at radius 1 is 1.09 bits per heavy atom. The van der Waals surface area contributed by atoms with Gasteiger partial charge < -0.3 is 9.80 Å². The van der Waals surface area contributed by atoms with E-state index in [9.17, 15) is 4.79 Å². The van der Waals surface area contributed by atoms with E-state index in [1.165, 1.54) is 17.2 Å². The number of rotatable bonds is 3. The third-order valence-electron chi connectivity index (χ3n) is 4.77. The molecule has 23 heavy (non-hydrogen) atoms. The Morgan fingerprint density at radius 2 is 1.74 bits per heavy atom. The van der Waals surface area contributed by atoms with Gasteiger partial charge in [0, 0.05) is 31.2 Å². The lowest BCUT2D eigenvalue weighted by molar-refractivity contribution is -0.132. The molecule has 2 aromatic rings. The maximum absolute atomic E-state index is 12.7. The lowest BCUT2D eigenvalue weighted by Crippen LogP contribution is -2.46. The van der Waals surface area contributed by atoms with Crippen molar-refractivity contribution in [3.63, 3.8) is 0 Å². The highest BCUT2D eigenvalue weighted by Crippen LogP contribution is 2.26. The van der Waals surface area contributed by atoms with Crippen LogP contribution in [-0.4, -0.2) is 37.5 Å². The fourth-order valence-electron chi connectivity index (χ4n) is 3.80. The third-order valence-corrected chi connectivity index (χ3v) is 4.77. The summed E-state index contributed by atoms with van der Waals surface area (Å²) in [6.07, 6.45) is 1.23. The Labute approximate surface area is 138 Å². The second kappa shape index (κ2) is 6.61. The van der Waals surface area contributed by atoms with Gasteiger partial charge in [-0.25, -0.2) is 0 Å². The first-order chi connectivity index (χ1) is 11.0. The zero-order chi connectivity index (χ0) is 16.4. The summed E-state index contributed by atoms with van der Waals surface area (Å²) >= 11 is 0. The second-order valence-electron chi connectivity index (χ2n) is 7.10. The van der Waals surface area contributed by atoms with Crippen LogP contribution in [0.3, 0.4) is 0 Å². The van der Waals surface area contributed by atoms with Crippen LogP contribution in [0.4, 0.5) is 5.69 Å². The van der Waals surface area contributed by atoms with Crippen LogP contribution in [0, 0.1) is 11.8 Å². The first-order valence-corrected chi connectivity index (χ1v) is 8.51. The summed E-state index contributed by atoms with van der Waals surface area (Å²) in [5.74, 6) is 1.44. The Morgan fingerprint density at radius 3 is 2.48 bits per heavy atom. The molecule has 0 spiro atoms. The molecule has 2 atom stereocenters. The number of piperidine rings is 1. The van der Waals surface area contributed by atoms with E-state index >= 15 is 0 Å². The molecular weight excluding hydrogens is 284 g/mol. The van der Waals surface area contributed by atoms with Crippen molar-refractivity contribution in [2.75, 3.05) is 31.6 Å². The smallest absolute Gasteiger partial charge is 0.242 e. The summed E-state index contributed by atoms with van der Waals surface area (Å²) in [6, 6.07) is 14.6. The van der Waals surface area contributed by atoms with Gasteiger partial charge in [0.25, 0.3) is 0 Å². The van der Waals surface area contributed by atoms with Gasteiger partial charge in [0.05, 0.1) is 6.54 Å². The summed E-state index contributed by atoms with van der Waals surface area (Å²) < 4.78 is 0. The first kappa shape index (κ1) is 15.9. The van der Waals surface area contributed by atoms with E-state index in [4.69, 9.17) is 0 Å². The van der Waals surface area contributed by atoms with E-state index in [0.717, 1.165) is 18.8 Å². The highest BCUT2D eigenvalue weighted by atomic mass is 16.2. The molecule has 3 heteroatoms. The number of likely N-dealkylation sites (tertiary alicyclic amines) is 1. The molecule has 2 unspecified atom stereocenters. The molecule has 0 saturated carbocycles. The van der Waals surface area contributed by atoms with Crippen molar-refractivity contribution in [1.29, 1.82) is 0 Å². The number of benzene rings is 2. The summed E-state index contributed by atoms with van der Waals surface area (Å²) in [7, 11) is 2.01. The van der Waals surface area contributed by atoms with Crippen molar-refractivity contribution in [1.82, 2.24) is 4.90 Å². The molecule has 122 valence electrons. The molecule has 1 saturated heterocycles. The molecule has 1 amide bonds. The zero-order valence-electron chi connectivity index (χ0n) is 14.3. The molecule has 0 bridgehead atoms. The highest BCUT2D eigenvalue weighted by Gasteiger charge is 2.26. The van der Waals surface area contributed by atoms with E-state index in [-0.39, 0.29) is 5.91 Å². The standard InChI is InChI=1S/C20H26N2O/c1-15-11-16(2)13-22(12-15)20(23)14-21(3)19-10-6-8-17-7-4-5-9-18(17)19/h4-10,15-16H,11-14H2,1-3H3. The van der Waals surface area contributed by atoms with Gasteiger partial charge in [0.15, 0.2) is 0 Å². The van der Waals surface area contributed by atoms with Crippen LogP contribution in [0.25, 0.3) is 10.8 Å². The monoisotopic (exact) mass is 310 g/mol. The van der Waals surface area contributed by atoms with Crippen LogP contribution in [0.15, 0.2) is 42.5 Å². The zero-order valence-corrected chi connectivity index (χ0v) is 14.3. The van der Waals surface area contributed by atoms with Crippen molar-refractivity contribution in [3.05, 3.63) is 42.5 Å². The summed E-state index contributed by atoms with van der Waals surface area (Å²) in [5, 5.41) is 2.41. The quantitative estimate of drug-likeness (QED) is 0.861. The fourth-order valence-corrected chi connectivity index (χ4v) is 3.80. The van der Waals surface area contributed by atoms with Crippen molar-refractivity contribution >= 4 is 22.4 Å². The maximum atomic E-state index is 12.7. The number of hydrogen-bond acceptors (Lipinski definition) is 2. The second-order valence-corrected chi connectivity index (χ2v) is 7.10. The molecule has 3 nitrogen and oxygen atoms in total. The van der Waals surface area contributed by atoms with Crippen LogP contribution in [0.5, 0.6) is 0 Å². The molecule has 1 heterocycles. The van der Waals surface area contributed by atoms with Gasteiger partial charge in [-0.2, -0.15) is 0 Å². The minimum atomic E-state index is 0.235. The molecule has 3 rings (SSSR count). The van der Waals surface area contributed by atoms with Crippen LogP contribution in [0.2, 0.25) is 0 Å². The highest BCUT2D eigenvalue weighted by molar-refractivity contribution is 5.95. The predicted octanol–water partition coefficient (Wildman–Crippen LogP) is 3.78. The molecule has 2 aromatic carbocycles. The van der Waals surface area contributed by atoms with Gasteiger partial charge in [0.2, 0.25) is 5.91 Å². The predicted molar refractivity (Wildman–Crippen MR) is 96.7 cm³/mol. The first-order valence-electron chi connectivity index (χ1n) is 8.51. The largest absolute Gasteiger partial charge is 0.365 e. The Kier molecular flexibility index (Phi) is 4.56. The number of fused-ring (bicyclic) bond motifs is 1. The van der Waals surface area contributed by atoms with E-state index in [1.54, 1.807) is 0 Å². The molecule has 0 aromatic heterocycles. The number of nitrogens with zero attached hydrogens (tertiary/aromatic N) is 2. The Hall–Kier alpha value is -2.03. The molecule has 1 aliphatic heterocycles. The van der Waals surface area contributed by atoms with Crippen molar-refractivity contribution in [2.45, 2.75) is 20.3 Å². The van der Waals surface area contributed by atoms with Crippen molar-refractivity contribution in [3.8, 4) is 0 Å². The summed E-state index contributed by atoms with van der Waals surface area (Å²) in [4.78, 5) is 16.8. The fraction of sp³-hybridized carbons (Fsp3) is 0.450. The summed E-state index contributed by atoms with van der Waals surface area (Å²) in [5.41, 5.74) is 1.12. The molecular formula is C20H26N2O. The number of anilines is 1. The summed E-state index contributed by atoms with van der Waals surface area (Å²) in [6.45, 7) is 6.71. The number of carbonyl (C=O) groups excluding carboxylic acids is 1. The molecule has 1 aliphatic rings. The van der Waals surface area contributed by atoms with Crippen LogP contribution in [-0.2, 0) is 4.79 Å². The SMILES string of the molecule is CC1CC(C)CN(C(=O)CN(C)c2cccc3ccccc23)C1. The van der Waals surface area contributed by atoms with Gasteiger partial charge in [0.1, 0.15) is 0 Å². The molecule has 0 radical (unpaired) electrons. The van der Waals surface area contributed by atoms with Crippen molar-refractivity contribution in [2.24, 2.45) is 11.8 Å². The van der Waals surface area contributed by atoms with Crippen LogP contribution >= 0.6 is 0 Å². The van der Waals surface area contributed by atoms with E-state index in [0.29, 0.717) is 18.4 Å². The van der Waals surface area contributed by atoms with Gasteiger partial charge in [-0.15, -0.1) is 0 Å². The van der Waals surface area contributed by atoms with Gasteiger partial charge >= 0.3 is 0 Å². The van der Waals surface area contributed by atoms with Gasteiger partial charge in [-0.05, 0) is 29.7 Å². The Balaban J connectivity index is 1.75. The van der Waals surface area contributed by atoms with Gasteiger partial charge in [-0.1, -0.05) is 50.2 Å². The maximum Gasteiger partial charge on any atom is 0.242 e. The lowest BCUT2D eigenvalue weighted by Gasteiger charge is -2.36. The van der Waals surface area contributed by atoms with Gasteiger partial charge in [-0.3, -0.25) is 4.79 Å². The van der Waals surface area contributed by atoms with Crippen LogP contribution in [0.1, 0.15) is 20.3 Å². The van der Waals surface area contributed by atoms with Crippen LogP contribution < -0.4 is 4.90 Å². The van der Waals surface area contributed by atoms with E-state index < -0.39 is 0 Å². The minimum absolute atomic E-state index is 0.235. The Bertz CT molecular complexity index is 682. The number of carbonyl (C=O) groups is 1. The third kappa shape index (κ3) is 3.49. The van der Waals surface area contributed by atoms with E-state index in [1.807, 2.05) is 18.0 Å². The average molecular weight is 310 g/mol. The minimum Gasteiger partial charge on any atom is -0.365 e. The number of likely N-dealkylation sites (N-methyl/N-ethyl adjacent to an activating group) is 1.